The third-order valence-electron chi connectivity index (χ3n) is 4.17. The lowest BCUT2D eigenvalue weighted by atomic mass is 10.1. The number of carbonyl (C=O) groups excluding carboxylic acids is 1. The summed E-state index contributed by atoms with van der Waals surface area (Å²) in [6, 6.07) is 9.43. The number of methoxy groups -OCH3 is 1. The summed E-state index contributed by atoms with van der Waals surface area (Å²) in [5, 5.41) is 0.387. The van der Waals surface area contributed by atoms with Crippen LogP contribution in [-0.2, 0) is 11.3 Å². The van der Waals surface area contributed by atoms with Crippen molar-refractivity contribution in [2.45, 2.75) is 20.4 Å². The number of aryl methyl sites for hydroxylation is 2. The molecule has 3 aromatic rings. The van der Waals surface area contributed by atoms with Crippen molar-refractivity contribution in [2.75, 3.05) is 13.7 Å². The number of fused-ring (bicyclic) bond motifs is 1. The van der Waals surface area contributed by atoms with E-state index in [4.69, 9.17) is 16.3 Å². The van der Waals surface area contributed by atoms with Crippen molar-refractivity contribution in [3.63, 3.8) is 0 Å². The molecule has 0 atom stereocenters. The number of aromatic nitrogens is 1. The molecule has 0 saturated carbocycles. The number of hydrogen-bond acceptors (Lipinski definition) is 3. The molecule has 0 radical (unpaired) electrons. The average Bonchev–Trinajstić information content (AvgIpc) is 2.91. The molecule has 0 N–H and O–H groups in total. The van der Waals surface area contributed by atoms with E-state index in [-0.39, 0.29) is 5.91 Å². The standard InChI is InChI=1S/C19H18BrClN2O2S/c1-11-8-16-17(9-12(11)2)26-19(23(16)6-7-25-3)22-18(24)14-10-13(20)4-5-15(14)21/h4-5,8-10H,6-7H2,1-3H3. The summed E-state index contributed by atoms with van der Waals surface area (Å²) in [7, 11) is 1.66. The normalized spacial score (nSPS) is 12.1. The van der Waals surface area contributed by atoms with E-state index in [2.05, 4.69) is 46.9 Å². The predicted octanol–water partition coefficient (Wildman–Crippen LogP) is 5.12. The number of nitrogens with zero attached hydrogens (tertiary/aromatic N) is 2. The van der Waals surface area contributed by atoms with Gasteiger partial charge in [0.2, 0.25) is 0 Å². The fourth-order valence-corrected chi connectivity index (χ4v) is 4.31. The van der Waals surface area contributed by atoms with E-state index in [1.165, 1.54) is 22.5 Å². The van der Waals surface area contributed by atoms with Gasteiger partial charge < -0.3 is 9.30 Å². The lowest BCUT2D eigenvalue weighted by molar-refractivity contribution is 0.0997. The summed E-state index contributed by atoms with van der Waals surface area (Å²) < 4.78 is 9.14. The van der Waals surface area contributed by atoms with Gasteiger partial charge in [-0.3, -0.25) is 4.79 Å². The molecule has 136 valence electrons. The van der Waals surface area contributed by atoms with E-state index >= 15 is 0 Å². The van der Waals surface area contributed by atoms with Gasteiger partial charge in [-0.15, -0.1) is 0 Å². The van der Waals surface area contributed by atoms with Gasteiger partial charge in [0.25, 0.3) is 5.91 Å². The van der Waals surface area contributed by atoms with Gasteiger partial charge in [-0.1, -0.05) is 38.9 Å². The first-order valence-electron chi connectivity index (χ1n) is 8.04. The summed E-state index contributed by atoms with van der Waals surface area (Å²) in [5.74, 6) is -0.359. The minimum atomic E-state index is -0.359. The molecule has 0 aliphatic heterocycles. The zero-order chi connectivity index (χ0) is 18.8. The SMILES string of the molecule is COCCn1c(=NC(=O)c2cc(Br)ccc2Cl)sc2cc(C)c(C)cc21. The van der Waals surface area contributed by atoms with Gasteiger partial charge in [0.1, 0.15) is 0 Å². The summed E-state index contributed by atoms with van der Waals surface area (Å²) in [6.07, 6.45) is 0. The Labute approximate surface area is 169 Å². The summed E-state index contributed by atoms with van der Waals surface area (Å²) in [5.41, 5.74) is 3.85. The summed E-state index contributed by atoms with van der Waals surface area (Å²) in [4.78, 5) is 17.7. The minimum absolute atomic E-state index is 0.359. The Morgan fingerprint density at radius 1 is 1.27 bits per heavy atom. The molecule has 26 heavy (non-hydrogen) atoms. The maximum absolute atomic E-state index is 12.7. The first kappa shape index (κ1) is 19.3. The Balaban J connectivity index is 2.17. The molecule has 1 aromatic heterocycles. The number of rotatable bonds is 4. The number of halogens is 2. The quantitative estimate of drug-likeness (QED) is 0.550. The molecule has 1 heterocycles. The second-order valence-corrected chi connectivity index (χ2v) is 8.31. The van der Waals surface area contributed by atoms with Crippen molar-refractivity contribution >= 4 is 55.0 Å². The first-order valence-corrected chi connectivity index (χ1v) is 10.0. The maximum Gasteiger partial charge on any atom is 0.281 e. The van der Waals surface area contributed by atoms with E-state index in [0.29, 0.717) is 28.5 Å². The van der Waals surface area contributed by atoms with E-state index in [0.717, 1.165) is 14.7 Å². The Morgan fingerprint density at radius 2 is 2.00 bits per heavy atom. The highest BCUT2D eigenvalue weighted by molar-refractivity contribution is 9.10. The third kappa shape index (κ3) is 3.93. The number of ether oxygens (including phenoxy) is 1. The van der Waals surface area contributed by atoms with Gasteiger partial charge in [-0.05, 0) is 55.3 Å². The maximum atomic E-state index is 12.7. The Hall–Kier alpha value is -1.47. The van der Waals surface area contributed by atoms with Crippen LogP contribution in [0.5, 0.6) is 0 Å². The highest BCUT2D eigenvalue weighted by Crippen LogP contribution is 2.24. The van der Waals surface area contributed by atoms with Crippen LogP contribution in [0.2, 0.25) is 5.02 Å². The molecule has 0 fully saturated rings. The second-order valence-electron chi connectivity index (χ2n) is 5.97. The fourth-order valence-electron chi connectivity index (χ4n) is 2.61. The highest BCUT2D eigenvalue weighted by atomic mass is 79.9. The number of carbonyl (C=O) groups is 1. The second kappa shape index (κ2) is 8.05. The van der Waals surface area contributed by atoms with Gasteiger partial charge >= 0.3 is 0 Å². The molecule has 7 heteroatoms. The molecule has 3 rings (SSSR count). The molecule has 1 amide bonds. The molecular weight excluding hydrogens is 436 g/mol. The van der Waals surface area contributed by atoms with Crippen LogP contribution in [0.4, 0.5) is 0 Å². The lowest BCUT2D eigenvalue weighted by Gasteiger charge is -2.06. The highest BCUT2D eigenvalue weighted by Gasteiger charge is 2.13. The van der Waals surface area contributed by atoms with Crippen LogP contribution < -0.4 is 4.80 Å². The Bertz CT molecular complexity index is 1060. The van der Waals surface area contributed by atoms with Crippen LogP contribution in [0.3, 0.4) is 0 Å². The van der Waals surface area contributed by atoms with Crippen molar-refractivity contribution in [3.8, 4) is 0 Å². The molecule has 0 spiro atoms. The fraction of sp³-hybridized carbons (Fsp3) is 0.263. The molecule has 2 aromatic carbocycles. The van der Waals surface area contributed by atoms with Crippen LogP contribution in [0.15, 0.2) is 39.8 Å². The third-order valence-corrected chi connectivity index (χ3v) is 6.04. The minimum Gasteiger partial charge on any atom is -0.383 e. The van der Waals surface area contributed by atoms with Crippen LogP contribution in [-0.4, -0.2) is 24.2 Å². The lowest BCUT2D eigenvalue weighted by Crippen LogP contribution is -2.19. The molecule has 0 aliphatic rings. The van der Waals surface area contributed by atoms with Gasteiger partial charge in [-0.25, -0.2) is 0 Å². The van der Waals surface area contributed by atoms with E-state index in [1.807, 2.05) is 4.57 Å². The number of amides is 1. The van der Waals surface area contributed by atoms with Gasteiger partial charge in [-0.2, -0.15) is 4.99 Å². The molecule has 0 bridgehead atoms. The van der Waals surface area contributed by atoms with Gasteiger partial charge in [0.05, 0.1) is 27.4 Å². The number of benzene rings is 2. The van der Waals surface area contributed by atoms with Crippen molar-refractivity contribution < 1.29 is 9.53 Å². The van der Waals surface area contributed by atoms with Crippen LogP contribution in [0.25, 0.3) is 10.2 Å². The molecule has 0 unspecified atom stereocenters. The summed E-state index contributed by atoms with van der Waals surface area (Å²) >= 11 is 11.0. The van der Waals surface area contributed by atoms with Crippen molar-refractivity contribution in [1.82, 2.24) is 4.57 Å². The Morgan fingerprint density at radius 3 is 2.73 bits per heavy atom. The first-order chi connectivity index (χ1) is 12.4. The Kier molecular flexibility index (Phi) is 5.97. The van der Waals surface area contributed by atoms with Gasteiger partial charge in [0.15, 0.2) is 4.80 Å². The molecule has 0 saturated heterocycles. The zero-order valence-electron chi connectivity index (χ0n) is 14.7. The van der Waals surface area contributed by atoms with E-state index in [9.17, 15) is 4.79 Å². The van der Waals surface area contributed by atoms with E-state index < -0.39 is 0 Å². The molecule has 4 nitrogen and oxygen atoms in total. The topological polar surface area (TPSA) is 43.6 Å². The number of hydrogen-bond donors (Lipinski definition) is 0. The monoisotopic (exact) mass is 452 g/mol. The molecule has 0 aliphatic carbocycles. The van der Waals surface area contributed by atoms with Crippen LogP contribution in [0.1, 0.15) is 21.5 Å². The summed E-state index contributed by atoms with van der Waals surface area (Å²) in [6.45, 7) is 5.32. The van der Waals surface area contributed by atoms with Gasteiger partial charge in [0, 0.05) is 18.1 Å². The largest absolute Gasteiger partial charge is 0.383 e. The molecular formula is C19H18BrClN2O2S. The zero-order valence-corrected chi connectivity index (χ0v) is 17.8. The van der Waals surface area contributed by atoms with Crippen molar-refractivity contribution in [1.29, 1.82) is 0 Å². The smallest absolute Gasteiger partial charge is 0.281 e. The van der Waals surface area contributed by atoms with Crippen LogP contribution >= 0.6 is 38.9 Å². The number of thiazole rings is 1. The average molecular weight is 454 g/mol. The van der Waals surface area contributed by atoms with E-state index in [1.54, 1.807) is 25.3 Å². The van der Waals surface area contributed by atoms with Crippen molar-refractivity contribution in [2.24, 2.45) is 4.99 Å². The predicted molar refractivity (Wildman–Crippen MR) is 110 cm³/mol. The van der Waals surface area contributed by atoms with Crippen LogP contribution in [0, 0.1) is 13.8 Å². The van der Waals surface area contributed by atoms with Crippen molar-refractivity contribution in [3.05, 3.63) is 61.3 Å².